The van der Waals surface area contributed by atoms with Crippen molar-refractivity contribution in [3.63, 3.8) is 0 Å². The molecule has 0 aromatic carbocycles. The summed E-state index contributed by atoms with van der Waals surface area (Å²) in [4.78, 5) is 11.6. The number of hydrogen-bond donors (Lipinski definition) is 1. The lowest BCUT2D eigenvalue weighted by molar-refractivity contribution is 0.203. The Morgan fingerprint density at radius 1 is 1.36 bits per heavy atom. The Labute approximate surface area is 138 Å². The van der Waals surface area contributed by atoms with Crippen LogP contribution in [0.4, 0.5) is 0 Å². The average molecular weight is 321 g/mol. The summed E-state index contributed by atoms with van der Waals surface area (Å²) < 4.78 is 0. The molecule has 0 bridgehead atoms. The number of nitrogens with zero attached hydrogens (tertiary/aromatic N) is 3. The second-order valence-corrected chi connectivity index (χ2v) is 7.66. The van der Waals surface area contributed by atoms with Crippen LogP contribution in [0.3, 0.4) is 0 Å². The Bertz CT molecular complexity index is 516. The van der Waals surface area contributed by atoms with Gasteiger partial charge in [0, 0.05) is 25.5 Å². The van der Waals surface area contributed by atoms with Crippen molar-refractivity contribution in [1.82, 2.24) is 15.2 Å². The van der Waals surface area contributed by atoms with Crippen LogP contribution >= 0.6 is 11.3 Å². The summed E-state index contributed by atoms with van der Waals surface area (Å²) in [7, 11) is 1.90. The Morgan fingerprint density at radius 3 is 2.86 bits per heavy atom. The predicted octanol–water partition coefficient (Wildman–Crippen LogP) is 3.44. The molecule has 4 nitrogen and oxygen atoms in total. The monoisotopic (exact) mass is 320 g/mol. The molecule has 1 N–H and O–H groups in total. The first kappa shape index (κ1) is 15.8. The topological polar surface area (TPSA) is 40.5 Å². The fraction of sp³-hybridized carbons (Fsp3) is 0.765. The molecule has 2 fully saturated rings. The van der Waals surface area contributed by atoms with E-state index >= 15 is 0 Å². The number of guanidine groups is 1. The summed E-state index contributed by atoms with van der Waals surface area (Å²) in [5.74, 6) is 1.05. The molecule has 1 aliphatic carbocycles. The van der Waals surface area contributed by atoms with Gasteiger partial charge in [-0.3, -0.25) is 4.99 Å². The van der Waals surface area contributed by atoms with E-state index < -0.39 is 0 Å². The van der Waals surface area contributed by atoms with Gasteiger partial charge in [0.25, 0.3) is 0 Å². The highest BCUT2D eigenvalue weighted by Crippen LogP contribution is 2.43. The van der Waals surface area contributed by atoms with Gasteiger partial charge >= 0.3 is 0 Å². The first-order valence-electron chi connectivity index (χ1n) is 8.63. The van der Waals surface area contributed by atoms with Crippen LogP contribution in [0.1, 0.15) is 56.2 Å². The van der Waals surface area contributed by atoms with Crippen molar-refractivity contribution in [2.24, 2.45) is 10.4 Å². The Kier molecular flexibility index (Phi) is 5.01. The van der Waals surface area contributed by atoms with Crippen LogP contribution in [0.2, 0.25) is 0 Å². The quantitative estimate of drug-likeness (QED) is 0.685. The standard InChI is InChI=1S/C17H28N4S/c1-3-15-20-14(12-22-15)11-19-16(18-2)21-10-9-17(13-21)7-5-4-6-8-17/h12H,3-11,13H2,1-2H3,(H,18,19). The highest BCUT2D eigenvalue weighted by Gasteiger charge is 2.39. The van der Waals surface area contributed by atoms with Crippen molar-refractivity contribution in [2.75, 3.05) is 20.1 Å². The van der Waals surface area contributed by atoms with Gasteiger partial charge in [-0.05, 0) is 31.1 Å². The molecule has 0 atom stereocenters. The highest BCUT2D eigenvalue weighted by atomic mass is 32.1. The van der Waals surface area contributed by atoms with E-state index in [0.717, 1.165) is 31.2 Å². The van der Waals surface area contributed by atoms with Crippen LogP contribution in [0, 0.1) is 5.41 Å². The molecule has 1 saturated carbocycles. The average Bonchev–Trinajstić information content (AvgIpc) is 3.17. The van der Waals surface area contributed by atoms with Gasteiger partial charge in [0.05, 0.1) is 17.2 Å². The van der Waals surface area contributed by atoms with Crippen molar-refractivity contribution in [3.8, 4) is 0 Å². The van der Waals surface area contributed by atoms with Gasteiger partial charge in [-0.15, -0.1) is 11.3 Å². The zero-order valence-electron chi connectivity index (χ0n) is 13.9. The molecular weight excluding hydrogens is 292 g/mol. The summed E-state index contributed by atoms with van der Waals surface area (Å²) in [5, 5.41) is 6.88. The maximum atomic E-state index is 4.63. The fourth-order valence-corrected chi connectivity index (χ4v) is 4.66. The molecule has 22 heavy (non-hydrogen) atoms. The minimum atomic E-state index is 0.575. The molecule has 3 rings (SSSR count). The summed E-state index contributed by atoms with van der Waals surface area (Å²) in [6.45, 7) is 5.27. The lowest BCUT2D eigenvalue weighted by Crippen LogP contribution is -2.41. The molecule has 122 valence electrons. The first-order valence-corrected chi connectivity index (χ1v) is 9.51. The van der Waals surface area contributed by atoms with Crippen LogP contribution in [0.25, 0.3) is 0 Å². The second kappa shape index (κ2) is 6.99. The molecule has 1 aromatic rings. The van der Waals surface area contributed by atoms with Gasteiger partial charge in [0.2, 0.25) is 0 Å². The first-order chi connectivity index (χ1) is 10.7. The molecule has 0 unspecified atom stereocenters. The number of aliphatic imine (C=N–C) groups is 1. The maximum absolute atomic E-state index is 4.63. The van der Waals surface area contributed by atoms with E-state index in [1.165, 1.54) is 50.1 Å². The van der Waals surface area contributed by atoms with E-state index in [0.29, 0.717) is 5.41 Å². The Hall–Kier alpha value is -1.10. The SMILES string of the molecule is CCc1nc(CNC(=NC)N2CCC3(CCCCC3)C2)cs1. The van der Waals surface area contributed by atoms with Gasteiger partial charge in [-0.1, -0.05) is 26.2 Å². The largest absolute Gasteiger partial charge is 0.351 e. The number of aryl methyl sites for hydroxylation is 1. The number of rotatable bonds is 3. The number of hydrogen-bond acceptors (Lipinski definition) is 3. The smallest absolute Gasteiger partial charge is 0.193 e. The summed E-state index contributed by atoms with van der Waals surface area (Å²) in [6, 6.07) is 0. The molecule has 0 radical (unpaired) electrons. The third-order valence-corrected chi connectivity index (χ3v) is 6.24. The van der Waals surface area contributed by atoms with E-state index in [2.05, 4.69) is 32.5 Å². The van der Waals surface area contributed by atoms with Crippen molar-refractivity contribution < 1.29 is 0 Å². The number of likely N-dealkylation sites (tertiary alicyclic amines) is 1. The Morgan fingerprint density at radius 2 is 2.18 bits per heavy atom. The molecule has 1 aliphatic heterocycles. The van der Waals surface area contributed by atoms with E-state index in [9.17, 15) is 0 Å². The number of nitrogens with one attached hydrogen (secondary N) is 1. The lowest BCUT2D eigenvalue weighted by Gasteiger charge is -2.33. The molecule has 2 heterocycles. The van der Waals surface area contributed by atoms with Crippen LogP contribution in [0.15, 0.2) is 10.4 Å². The van der Waals surface area contributed by atoms with Crippen molar-refractivity contribution in [3.05, 3.63) is 16.1 Å². The normalized spacial score (nSPS) is 21.5. The van der Waals surface area contributed by atoms with Gasteiger partial charge in [0.15, 0.2) is 5.96 Å². The van der Waals surface area contributed by atoms with Crippen LogP contribution in [-0.2, 0) is 13.0 Å². The summed E-state index contributed by atoms with van der Waals surface area (Å²) >= 11 is 1.75. The molecule has 1 aromatic heterocycles. The summed E-state index contributed by atoms with van der Waals surface area (Å²) in [5.41, 5.74) is 1.71. The molecule has 0 amide bonds. The van der Waals surface area contributed by atoms with E-state index in [1.54, 1.807) is 11.3 Å². The molecule has 5 heteroatoms. The minimum Gasteiger partial charge on any atom is -0.351 e. The van der Waals surface area contributed by atoms with Gasteiger partial charge < -0.3 is 10.2 Å². The maximum Gasteiger partial charge on any atom is 0.193 e. The van der Waals surface area contributed by atoms with E-state index in [1.807, 2.05) is 7.05 Å². The molecule has 1 saturated heterocycles. The Balaban J connectivity index is 1.56. The molecule has 2 aliphatic rings. The molecule has 1 spiro atoms. The van der Waals surface area contributed by atoms with Gasteiger partial charge in [-0.25, -0.2) is 4.98 Å². The second-order valence-electron chi connectivity index (χ2n) is 6.72. The van der Waals surface area contributed by atoms with Crippen LogP contribution < -0.4 is 5.32 Å². The van der Waals surface area contributed by atoms with Crippen molar-refractivity contribution >= 4 is 17.3 Å². The third kappa shape index (κ3) is 3.45. The third-order valence-electron chi connectivity index (χ3n) is 5.19. The van der Waals surface area contributed by atoms with Gasteiger partial charge in [-0.2, -0.15) is 0 Å². The van der Waals surface area contributed by atoms with E-state index in [-0.39, 0.29) is 0 Å². The molecular formula is C17H28N4S. The fourth-order valence-electron chi connectivity index (χ4n) is 3.92. The number of aromatic nitrogens is 1. The van der Waals surface area contributed by atoms with E-state index in [4.69, 9.17) is 0 Å². The zero-order valence-corrected chi connectivity index (χ0v) is 14.7. The van der Waals surface area contributed by atoms with Crippen molar-refractivity contribution in [2.45, 2.75) is 58.4 Å². The number of thiazole rings is 1. The van der Waals surface area contributed by atoms with Crippen LogP contribution in [0.5, 0.6) is 0 Å². The highest BCUT2D eigenvalue weighted by molar-refractivity contribution is 7.09. The van der Waals surface area contributed by atoms with Crippen molar-refractivity contribution in [1.29, 1.82) is 0 Å². The van der Waals surface area contributed by atoms with Gasteiger partial charge in [0.1, 0.15) is 0 Å². The minimum absolute atomic E-state index is 0.575. The predicted molar refractivity (Wildman–Crippen MR) is 93.4 cm³/mol. The zero-order chi connectivity index (χ0) is 15.4. The summed E-state index contributed by atoms with van der Waals surface area (Å²) in [6.07, 6.45) is 9.44. The van der Waals surface area contributed by atoms with Crippen LogP contribution in [-0.4, -0.2) is 36.0 Å². The lowest BCUT2D eigenvalue weighted by atomic mass is 9.73.